The van der Waals surface area contributed by atoms with E-state index in [1.54, 1.807) is 30.6 Å². The number of imide groups is 1. The number of hydrogen-bond acceptors (Lipinski definition) is 5. The summed E-state index contributed by atoms with van der Waals surface area (Å²) in [7, 11) is 0. The molecule has 168 valence electrons. The van der Waals surface area contributed by atoms with Crippen molar-refractivity contribution >= 4 is 29.6 Å². The van der Waals surface area contributed by atoms with Gasteiger partial charge in [0.1, 0.15) is 5.41 Å². The van der Waals surface area contributed by atoms with E-state index in [1.165, 1.54) is 17.1 Å². The van der Waals surface area contributed by atoms with E-state index >= 15 is 0 Å². The number of ketones is 1. The van der Waals surface area contributed by atoms with Crippen molar-refractivity contribution in [1.82, 2.24) is 15.2 Å². The highest BCUT2D eigenvalue weighted by atomic mass is 16.2. The summed E-state index contributed by atoms with van der Waals surface area (Å²) in [6, 6.07) is 3.65. The van der Waals surface area contributed by atoms with Crippen LogP contribution in [-0.4, -0.2) is 46.5 Å². The summed E-state index contributed by atoms with van der Waals surface area (Å²) in [5.41, 5.74) is 2.34. The molecule has 1 aromatic heterocycles. The molecule has 1 aliphatic heterocycles. The number of likely N-dealkylation sites (tertiary alicyclic amines) is 1. The average molecular weight is 444 g/mol. The zero-order valence-corrected chi connectivity index (χ0v) is 18.3. The second-order valence-electron chi connectivity index (χ2n) is 8.85. The largest absolute Gasteiger partial charge is 0.353 e. The molecule has 3 amide bonds. The first-order chi connectivity index (χ1) is 16.0. The van der Waals surface area contributed by atoms with Crippen molar-refractivity contribution in [3.63, 3.8) is 0 Å². The van der Waals surface area contributed by atoms with Crippen LogP contribution in [0.4, 0.5) is 0 Å². The van der Waals surface area contributed by atoms with E-state index in [4.69, 9.17) is 0 Å². The lowest BCUT2D eigenvalue weighted by atomic mass is 9.66. The fraction of sp³-hybridized carbons (Fsp3) is 0.346. The third kappa shape index (κ3) is 3.39. The molecule has 1 aromatic rings. The van der Waals surface area contributed by atoms with Gasteiger partial charge in [-0.1, -0.05) is 23.8 Å². The Bertz CT molecular complexity index is 1160. The monoisotopic (exact) mass is 443 g/mol. The van der Waals surface area contributed by atoms with Gasteiger partial charge in [-0.15, -0.1) is 0 Å². The van der Waals surface area contributed by atoms with Crippen LogP contribution < -0.4 is 5.32 Å². The van der Waals surface area contributed by atoms with Crippen molar-refractivity contribution in [3.8, 4) is 0 Å². The number of amides is 3. The second kappa shape index (κ2) is 8.39. The van der Waals surface area contributed by atoms with Crippen LogP contribution in [0.15, 0.2) is 65.5 Å². The smallest absolute Gasteiger partial charge is 0.248 e. The summed E-state index contributed by atoms with van der Waals surface area (Å²) < 4.78 is 0. The maximum Gasteiger partial charge on any atom is 0.248 e. The first kappa shape index (κ1) is 21.2. The summed E-state index contributed by atoms with van der Waals surface area (Å²) in [5, 5.41) is 2.81. The van der Waals surface area contributed by atoms with Crippen molar-refractivity contribution in [1.29, 1.82) is 0 Å². The van der Waals surface area contributed by atoms with Gasteiger partial charge < -0.3 is 5.32 Å². The van der Waals surface area contributed by atoms with Gasteiger partial charge in [0.15, 0.2) is 5.78 Å². The Balaban J connectivity index is 1.18. The number of allylic oxidation sites excluding steroid dienone is 5. The number of unbranched alkanes of at least 4 members (excludes halogenated alkanes) is 1. The summed E-state index contributed by atoms with van der Waals surface area (Å²) >= 11 is 0. The highest BCUT2D eigenvalue weighted by molar-refractivity contribution is 6.26. The molecular weight excluding hydrogens is 418 g/mol. The Hall–Kier alpha value is -3.61. The molecule has 0 radical (unpaired) electrons. The molecule has 1 N–H and O–H groups in total. The van der Waals surface area contributed by atoms with Crippen LogP contribution in [0.2, 0.25) is 0 Å². The quantitative estimate of drug-likeness (QED) is 0.302. The fourth-order valence-corrected chi connectivity index (χ4v) is 5.52. The van der Waals surface area contributed by atoms with E-state index < -0.39 is 11.3 Å². The Morgan fingerprint density at radius 3 is 2.94 bits per heavy atom. The zero-order chi connectivity index (χ0) is 23.0. The van der Waals surface area contributed by atoms with Gasteiger partial charge >= 0.3 is 0 Å². The van der Waals surface area contributed by atoms with Crippen LogP contribution in [0.3, 0.4) is 0 Å². The minimum Gasteiger partial charge on any atom is -0.353 e. The molecular formula is C26H25N3O4. The predicted molar refractivity (Wildman–Crippen MR) is 121 cm³/mol. The molecule has 4 aliphatic rings. The maximum absolute atomic E-state index is 13.5. The molecule has 2 unspecified atom stereocenters. The maximum atomic E-state index is 13.5. The van der Waals surface area contributed by atoms with Gasteiger partial charge in [-0.05, 0) is 67.0 Å². The third-order valence-corrected chi connectivity index (χ3v) is 6.99. The standard InChI is InChI=1S/C26H25N3O4/c30-21-10-9-18-6-3-7-19-15-20-24(32)29(25(33)26(20,21)23(18)19)14-2-1-13-28-22(31)11-8-17-5-4-12-27-16-17/h4-6,8-12,16,20H,1-3,7,13-15H2,(H,28,31). The van der Waals surface area contributed by atoms with Crippen molar-refractivity contribution in [3.05, 3.63) is 71.1 Å². The lowest BCUT2D eigenvalue weighted by molar-refractivity contribution is -0.142. The van der Waals surface area contributed by atoms with Crippen molar-refractivity contribution in [2.24, 2.45) is 11.3 Å². The van der Waals surface area contributed by atoms with Gasteiger partial charge in [0.2, 0.25) is 17.7 Å². The van der Waals surface area contributed by atoms with Crippen LogP contribution in [0.1, 0.15) is 37.7 Å². The normalized spacial score (nSPS) is 25.6. The van der Waals surface area contributed by atoms with Gasteiger partial charge in [-0.25, -0.2) is 0 Å². The van der Waals surface area contributed by atoms with Crippen LogP contribution >= 0.6 is 0 Å². The minimum absolute atomic E-state index is 0.212. The van der Waals surface area contributed by atoms with Crippen molar-refractivity contribution in [2.45, 2.75) is 32.1 Å². The van der Waals surface area contributed by atoms with Crippen molar-refractivity contribution in [2.75, 3.05) is 13.1 Å². The molecule has 1 spiro atoms. The Kier molecular flexibility index (Phi) is 5.40. The number of carbonyl (C=O) groups is 4. The molecule has 33 heavy (non-hydrogen) atoms. The lowest BCUT2D eigenvalue weighted by Crippen LogP contribution is -2.44. The molecule has 1 saturated heterocycles. The van der Waals surface area contributed by atoms with E-state index in [-0.39, 0.29) is 30.0 Å². The highest BCUT2D eigenvalue weighted by Crippen LogP contribution is 2.60. The van der Waals surface area contributed by atoms with E-state index in [0.717, 1.165) is 35.1 Å². The third-order valence-electron chi connectivity index (χ3n) is 6.99. The van der Waals surface area contributed by atoms with Gasteiger partial charge in [0.05, 0.1) is 5.92 Å². The molecule has 0 bridgehead atoms. The number of rotatable bonds is 7. The van der Waals surface area contributed by atoms with Crippen LogP contribution in [0.5, 0.6) is 0 Å². The highest BCUT2D eigenvalue weighted by Gasteiger charge is 2.68. The Morgan fingerprint density at radius 2 is 2.12 bits per heavy atom. The fourth-order valence-electron chi connectivity index (χ4n) is 5.52. The number of nitrogens with zero attached hydrogens (tertiary/aromatic N) is 2. The number of carbonyl (C=O) groups excluding carboxylic acids is 4. The van der Waals surface area contributed by atoms with Gasteiger partial charge in [-0.2, -0.15) is 0 Å². The zero-order valence-electron chi connectivity index (χ0n) is 18.3. The number of hydrogen-bond donors (Lipinski definition) is 1. The molecule has 7 heteroatoms. The SMILES string of the molecule is O=C(C=Cc1cccnc1)NCCCCN1C(=O)C2CC3=C4C(=CCC3)C=CC(=O)C42C1=O. The van der Waals surface area contributed by atoms with E-state index in [0.29, 0.717) is 25.8 Å². The Labute approximate surface area is 191 Å². The second-order valence-corrected chi connectivity index (χ2v) is 8.85. The minimum atomic E-state index is -1.33. The Morgan fingerprint density at radius 1 is 1.24 bits per heavy atom. The van der Waals surface area contributed by atoms with Gasteiger partial charge in [-0.3, -0.25) is 29.1 Å². The molecule has 0 saturated carbocycles. The molecule has 2 heterocycles. The average Bonchev–Trinajstić information content (AvgIpc) is 3.29. The summed E-state index contributed by atoms with van der Waals surface area (Å²) in [4.78, 5) is 56.9. The lowest BCUT2D eigenvalue weighted by Gasteiger charge is -2.32. The van der Waals surface area contributed by atoms with Gasteiger partial charge in [0, 0.05) is 31.6 Å². The first-order valence-corrected chi connectivity index (χ1v) is 11.4. The molecule has 3 aliphatic carbocycles. The molecule has 1 fully saturated rings. The molecule has 7 nitrogen and oxygen atoms in total. The first-order valence-electron chi connectivity index (χ1n) is 11.4. The molecule has 2 atom stereocenters. The number of aromatic nitrogens is 1. The van der Waals surface area contributed by atoms with Crippen LogP contribution in [0, 0.1) is 11.3 Å². The predicted octanol–water partition coefficient (Wildman–Crippen LogP) is 2.52. The van der Waals surface area contributed by atoms with Crippen LogP contribution in [0.25, 0.3) is 6.08 Å². The van der Waals surface area contributed by atoms with Crippen LogP contribution in [-0.2, 0) is 19.2 Å². The van der Waals surface area contributed by atoms with E-state index in [2.05, 4.69) is 16.4 Å². The van der Waals surface area contributed by atoms with E-state index in [9.17, 15) is 19.2 Å². The number of nitrogens with one attached hydrogen (secondary N) is 1. The number of pyridine rings is 1. The van der Waals surface area contributed by atoms with Crippen molar-refractivity contribution < 1.29 is 19.2 Å². The summed E-state index contributed by atoms with van der Waals surface area (Å²) in [6.45, 7) is 0.695. The van der Waals surface area contributed by atoms with E-state index in [1.807, 2.05) is 6.07 Å². The topological polar surface area (TPSA) is 96.4 Å². The summed E-state index contributed by atoms with van der Waals surface area (Å²) in [6.07, 6.45) is 15.2. The van der Waals surface area contributed by atoms with Gasteiger partial charge in [0.25, 0.3) is 0 Å². The molecule has 5 rings (SSSR count). The summed E-state index contributed by atoms with van der Waals surface area (Å²) in [5.74, 6) is -1.68. The molecule has 0 aromatic carbocycles.